The fourth-order valence-electron chi connectivity index (χ4n) is 1.74. The van der Waals surface area contributed by atoms with Crippen molar-refractivity contribution >= 4 is 11.8 Å². The predicted octanol–water partition coefficient (Wildman–Crippen LogP) is 2.49. The zero-order valence-corrected chi connectivity index (χ0v) is 12.6. The molecule has 0 bridgehead atoms. The molecule has 0 saturated carbocycles. The Balaban J connectivity index is 1.99. The minimum Gasteiger partial charge on any atom is -0.335 e. The summed E-state index contributed by atoms with van der Waals surface area (Å²) in [5, 5.41) is 9.93. The number of pyridine rings is 1. The third kappa shape index (κ3) is 4.30. The minimum absolute atomic E-state index is 0.108. The zero-order valence-electron chi connectivity index (χ0n) is 12.6. The van der Waals surface area contributed by atoms with E-state index in [-0.39, 0.29) is 12.1 Å². The van der Waals surface area contributed by atoms with Gasteiger partial charge in [0, 0.05) is 18.3 Å². The van der Waals surface area contributed by atoms with Crippen molar-refractivity contribution < 1.29 is 4.79 Å². The van der Waals surface area contributed by atoms with E-state index >= 15 is 0 Å². The number of aromatic nitrogens is 3. The van der Waals surface area contributed by atoms with Gasteiger partial charge < -0.3 is 5.32 Å². The standard InChI is InChI=1S/C15H21N5O/c1-11(2)12(3)18-15(21)19-14-7-9-17-20(14)10-13-6-4-5-8-16-13/h4-9,11-12H,10H2,1-3H3,(H2,18,19,21). The third-order valence-corrected chi connectivity index (χ3v) is 3.35. The molecule has 0 aromatic carbocycles. The van der Waals surface area contributed by atoms with Crippen LogP contribution >= 0.6 is 0 Å². The molecule has 2 aromatic heterocycles. The van der Waals surface area contributed by atoms with Crippen LogP contribution in [0.4, 0.5) is 10.6 Å². The Morgan fingerprint density at radius 3 is 2.71 bits per heavy atom. The van der Waals surface area contributed by atoms with Gasteiger partial charge in [0.25, 0.3) is 0 Å². The zero-order chi connectivity index (χ0) is 15.2. The molecule has 0 aliphatic rings. The highest BCUT2D eigenvalue weighted by atomic mass is 16.2. The van der Waals surface area contributed by atoms with Crippen LogP contribution in [0.15, 0.2) is 36.7 Å². The van der Waals surface area contributed by atoms with Crippen molar-refractivity contribution in [3.63, 3.8) is 0 Å². The third-order valence-electron chi connectivity index (χ3n) is 3.35. The number of hydrogen-bond donors (Lipinski definition) is 2. The van der Waals surface area contributed by atoms with Crippen molar-refractivity contribution in [3.8, 4) is 0 Å². The number of carbonyl (C=O) groups is 1. The Kier molecular flexibility index (Phi) is 4.92. The molecule has 0 spiro atoms. The van der Waals surface area contributed by atoms with Crippen LogP contribution in [0.25, 0.3) is 0 Å². The van der Waals surface area contributed by atoms with Gasteiger partial charge in [-0.15, -0.1) is 0 Å². The van der Waals surface area contributed by atoms with Crippen molar-refractivity contribution in [1.82, 2.24) is 20.1 Å². The maximum atomic E-state index is 12.0. The molecule has 1 atom stereocenters. The Morgan fingerprint density at radius 1 is 1.24 bits per heavy atom. The second kappa shape index (κ2) is 6.88. The number of carbonyl (C=O) groups excluding carboxylic acids is 1. The summed E-state index contributed by atoms with van der Waals surface area (Å²) < 4.78 is 1.71. The van der Waals surface area contributed by atoms with Gasteiger partial charge in [-0.1, -0.05) is 19.9 Å². The maximum absolute atomic E-state index is 12.0. The Morgan fingerprint density at radius 2 is 2.05 bits per heavy atom. The summed E-state index contributed by atoms with van der Waals surface area (Å²) in [6.45, 7) is 6.63. The number of amides is 2. The lowest BCUT2D eigenvalue weighted by Gasteiger charge is -2.18. The monoisotopic (exact) mass is 287 g/mol. The van der Waals surface area contributed by atoms with Crippen molar-refractivity contribution in [2.45, 2.75) is 33.4 Å². The number of nitrogens with one attached hydrogen (secondary N) is 2. The molecule has 6 heteroatoms. The van der Waals surface area contributed by atoms with Crippen LogP contribution in [0.2, 0.25) is 0 Å². The first-order chi connectivity index (χ1) is 10.1. The summed E-state index contributed by atoms with van der Waals surface area (Å²) in [6.07, 6.45) is 3.40. The van der Waals surface area contributed by atoms with Gasteiger partial charge in [-0.05, 0) is 25.0 Å². The molecule has 6 nitrogen and oxygen atoms in total. The summed E-state index contributed by atoms with van der Waals surface area (Å²) in [5.41, 5.74) is 0.889. The Bertz CT molecular complexity index is 579. The smallest absolute Gasteiger partial charge is 0.320 e. The molecule has 0 radical (unpaired) electrons. The van der Waals surface area contributed by atoms with E-state index in [1.807, 2.05) is 25.1 Å². The first-order valence-electron chi connectivity index (χ1n) is 7.05. The van der Waals surface area contributed by atoms with Crippen LogP contribution < -0.4 is 10.6 Å². The molecular formula is C15H21N5O. The van der Waals surface area contributed by atoms with E-state index in [4.69, 9.17) is 0 Å². The Labute approximate surface area is 124 Å². The molecule has 2 aromatic rings. The highest BCUT2D eigenvalue weighted by Crippen LogP contribution is 2.09. The van der Waals surface area contributed by atoms with E-state index in [1.54, 1.807) is 23.1 Å². The first-order valence-corrected chi connectivity index (χ1v) is 7.05. The largest absolute Gasteiger partial charge is 0.335 e. The van der Waals surface area contributed by atoms with Gasteiger partial charge in [-0.25, -0.2) is 9.48 Å². The highest BCUT2D eigenvalue weighted by Gasteiger charge is 2.12. The van der Waals surface area contributed by atoms with Crippen molar-refractivity contribution in [2.24, 2.45) is 5.92 Å². The summed E-state index contributed by atoms with van der Waals surface area (Å²) >= 11 is 0. The van der Waals surface area contributed by atoms with E-state index in [2.05, 4.69) is 34.6 Å². The fraction of sp³-hybridized carbons (Fsp3) is 0.400. The van der Waals surface area contributed by atoms with E-state index in [0.717, 1.165) is 5.69 Å². The van der Waals surface area contributed by atoms with Gasteiger partial charge in [0.2, 0.25) is 0 Å². The van der Waals surface area contributed by atoms with Gasteiger partial charge in [-0.3, -0.25) is 10.3 Å². The summed E-state index contributed by atoms with van der Waals surface area (Å²) in [5.74, 6) is 1.03. The molecule has 0 fully saturated rings. The number of rotatable bonds is 5. The van der Waals surface area contributed by atoms with E-state index in [9.17, 15) is 4.79 Å². The molecule has 2 heterocycles. The highest BCUT2D eigenvalue weighted by molar-refractivity contribution is 5.88. The lowest BCUT2D eigenvalue weighted by atomic mass is 10.1. The molecule has 2 N–H and O–H groups in total. The molecule has 0 aliphatic carbocycles. The van der Waals surface area contributed by atoms with Gasteiger partial charge in [0.1, 0.15) is 5.82 Å². The van der Waals surface area contributed by atoms with Gasteiger partial charge in [-0.2, -0.15) is 5.10 Å². The SMILES string of the molecule is CC(C)C(C)NC(=O)Nc1ccnn1Cc1ccccn1. The van der Waals surface area contributed by atoms with Crippen molar-refractivity contribution in [3.05, 3.63) is 42.4 Å². The number of anilines is 1. The first kappa shape index (κ1) is 15.0. The second-order valence-electron chi connectivity index (χ2n) is 5.33. The van der Waals surface area contributed by atoms with Crippen LogP contribution in [0.1, 0.15) is 26.5 Å². The lowest BCUT2D eigenvalue weighted by molar-refractivity contribution is 0.246. The average molecular weight is 287 g/mol. The topological polar surface area (TPSA) is 71.8 Å². The van der Waals surface area contributed by atoms with Gasteiger partial charge in [0.15, 0.2) is 0 Å². The van der Waals surface area contributed by atoms with Gasteiger partial charge >= 0.3 is 6.03 Å². The summed E-state index contributed by atoms with van der Waals surface area (Å²) in [4.78, 5) is 16.2. The minimum atomic E-state index is -0.223. The second-order valence-corrected chi connectivity index (χ2v) is 5.33. The molecular weight excluding hydrogens is 266 g/mol. The van der Waals surface area contributed by atoms with E-state index in [1.165, 1.54) is 0 Å². The summed E-state index contributed by atoms with van der Waals surface area (Å²) in [6, 6.07) is 7.37. The van der Waals surface area contributed by atoms with Crippen LogP contribution in [0.3, 0.4) is 0 Å². The average Bonchev–Trinajstić information content (AvgIpc) is 2.86. The number of hydrogen-bond acceptors (Lipinski definition) is 3. The normalized spacial score (nSPS) is 12.2. The van der Waals surface area contributed by atoms with Crippen molar-refractivity contribution in [2.75, 3.05) is 5.32 Å². The van der Waals surface area contributed by atoms with E-state index < -0.39 is 0 Å². The fourth-order valence-corrected chi connectivity index (χ4v) is 1.74. The molecule has 2 amide bonds. The van der Waals surface area contributed by atoms with Crippen LogP contribution in [-0.4, -0.2) is 26.8 Å². The molecule has 112 valence electrons. The number of nitrogens with zero attached hydrogens (tertiary/aromatic N) is 3. The molecule has 21 heavy (non-hydrogen) atoms. The maximum Gasteiger partial charge on any atom is 0.320 e. The van der Waals surface area contributed by atoms with Gasteiger partial charge in [0.05, 0.1) is 18.4 Å². The van der Waals surface area contributed by atoms with E-state index in [0.29, 0.717) is 18.3 Å². The lowest BCUT2D eigenvalue weighted by Crippen LogP contribution is -2.39. The predicted molar refractivity (Wildman–Crippen MR) is 82.0 cm³/mol. The van der Waals surface area contributed by atoms with Crippen molar-refractivity contribution in [1.29, 1.82) is 0 Å². The molecule has 1 unspecified atom stereocenters. The van der Waals surface area contributed by atoms with Crippen LogP contribution in [0, 0.1) is 5.92 Å². The number of urea groups is 1. The Hall–Kier alpha value is -2.37. The van der Waals surface area contributed by atoms with Crippen LogP contribution in [-0.2, 0) is 6.54 Å². The molecule has 0 aliphatic heterocycles. The molecule has 2 rings (SSSR count). The van der Waals surface area contributed by atoms with Crippen LogP contribution in [0.5, 0.6) is 0 Å². The molecule has 0 saturated heterocycles. The summed E-state index contributed by atoms with van der Waals surface area (Å²) in [7, 11) is 0. The quantitative estimate of drug-likeness (QED) is 0.887.